The van der Waals surface area contributed by atoms with Gasteiger partial charge in [0.05, 0.1) is 28.9 Å². The Balaban J connectivity index is 1.72. The molecule has 3 aromatic heterocycles. The van der Waals surface area contributed by atoms with Crippen LogP contribution >= 0.6 is 11.3 Å². The van der Waals surface area contributed by atoms with E-state index in [1.807, 2.05) is 42.1 Å². The highest BCUT2D eigenvalue weighted by molar-refractivity contribution is 7.09. The third-order valence-corrected chi connectivity index (χ3v) is 4.19. The van der Waals surface area contributed by atoms with Crippen molar-refractivity contribution in [3.8, 4) is 0 Å². The van der Waals surface area contributed by atoms with E-state index in [1.165, 1.54) is 0 Å². The molecule has 1 N–H and O–H groups in total. The molecule has 1 atom stereocenters. The normalized spacial score (nSPS) is 12.5. The predicted molar refractivity (Wildman–Crippen MR) is 84.7 cm³/mol. The quantitative estimate of drug-likeness (QED) is 0.784. The SMILES string of the molecule is CCC(NC(=O)Cc1csc(C)n1)c1cn2cccnc2n1. The van der Waals surface area contributed by atoms with Gasteiger partial charge in [-0.25, -0.2) is 15.0 Å². The summed E-state index contributed by atoms with van der Waals surface area (Å²) >= 11 is 1.56. The van der Waals surface area contributed by atoms with Gasteiger partial charge in [-0.2, -0.15) is 0 Å². The number of aryl methyl sites for hydroxylation is 1. The third kappa shape index (κ3) is 3.14. The summed E-state index contributed by atoms with van der Waals surface area (Å²) in [6, 6.07) is 1.73. The van der Waals surface area contributed by atoms with Crippen LogP contribution in [0.2, 0.25) is 0 Å². The molecule has 3 heterocycles. The molecule has 114 valence electrons. The molecule has 0 bridgehead atoms. The number of carbonyl (C=O) groups excluding carboxylic acids is 1. The van der Waals surface area contributed by atoms with E-state index in [0.717, 1.165) is 22.8 Å². The van der Waals surface area contributed by atoms with Gasteiger partial charge in [-0.3, -0.25) is 9.20 Å². The Morgan fingerprint density at radius 2 is 2.32 bits per heavy atom. The van der Waals surface area contributed by atoms with Crippen LogP contribution in [0.4, 0.5) is 0 Å². The number of imidazole rings is 1. The summed E-state index contributed by atoms with van der Waals surface area (Å²) in [7, 11) is 0. The molecule has 0 spiro atoms. The Morgan fingerprint density at radius 1 is 1.45 bits per heavy atom. The fourth-order valence-electron chi connectivity index (χ4n) is 2.30. The number of thiazole rings is 1. The van der Waals surface area contributed by atoms with Crippen molar-refractivity contribution in [2.45, 2.75) is 32.7 Å². The summed E-state index contributed by atoms with van der Waals surface area (Å²) < 4.78 is 1.86. The monoisotopic (exact) mass is 315 g/mol. The van der Waals surface area contributed by atoms with Gasteiger partial charge in [0.1, 0.15) is 0 Å². The highest BCUT2D eigenvalue weighted by Crippen LogP contribution is 2.16. The van der Waals surface area contributed by atoms with Gasteiger partial charge in [-0.15, -0.1) is 11.3 Å². The van der Waals surface area contributed by atoms with Crippen LogP contribution in [0.5, 0.6) is 0 Å². The molecule has 0 saturated heterocycles. The number of fused-ring (bicyclic) bond motifs is 1. The molecule has 0 fully saturated rings. The number of rotatable bonds is 5. The average molecular weight is 315 g/mol. The summed E-state index contributed by atoms with van der Waals surface area (Å²) in [6.07, 6.45) is 6.57. The molecule has 0 aliphatic carbocycles. The molecule has 0 aliphatic heterocycles. The van der Waals surface area contributed by atoms with Crippen molar-refractivity contribution in [3.05, 3.63) is 46.4 Å². The lowest BCUT2D eigenvalue weighted by Crippen LogP contribution is -2.29. The van der Waals surface area contributed by atoms with E-state index >= 15 is 0 Å². The summed E-state index contributed by atoms with van der Waals surface area (Å²) in [5, 5.41) is 5.92. The highest BCUT2D eigenvalue weighted by Gasteiger charge is 2.17. The van der Waals surface area contributed by atoms with Gasteiger partial charge in [-0.05, 0) is 19.4 Å². The van der Waals surface area contributed by atoms with Crippen molar-refractivity contribution in [1.82, 2.24) is 24.7 Å². The van der Waals surface area contributed by atoms with Gasteiger partial charge >= 0.3 is 0 Å². The molecule has 0 radical (unpaired) electrons. The van der Waals surface area contributed by atoms with Gasteiger partial charge in [-0.1, -0.05) is 6.92 Å². The minimum absolute atomic E-state index is 0.0397. The van der Waals surface area contributed by atoms with Gasteiger partial charge in [0.2, 0.25) is 11.7 Å². The van der Waals surface area contributed by atoms with E-state index in [1.54, 1.807) is 17.5 Å². The maximum Gasteiger partial charge on any atom is 0.233 e. The largest absolute Gasteiger partial charge is 0.347 e. The lowest BCUT2D eigenvalue weighted by atomic mass is 10.1. The van der Waals surface area contributed by atoms with Crippen molar-refractivity contribution in [1.29, 1.82) is 0 Å². The van der Waals surface area contributed by atoms with Crippen molar-refractivity contribution in [2.75, 3.05) is 0 Å². The molecule has 3 aromatic rings. The second-order valence-electron chi connectivity index (χ2n) is 5.06. The summed E-state index contributed by atoms with van der Waals surface area (Å²) in [4.78, 5) is 25.2. The first kappa shape index (κ1) is 14.6. The van der Waals surface area contributed by atoms with Crippen molar-refractivity contribution in [2.24, 2.45) is 0 Å². The van der Waals surface area contributed by atoms with Gasteiger partial charge in [0, 0.05) is 24.0 Å². The van der Waals surface area contributed by atoms with Gasteiger partial charge < -0.3 is 5.32 Å². The Labute approximate surface area is 132 Å². The molecule has 0 aromatic carbocycles. The third-order valence-electron chi connectivity index (χ3n) is 3.36. The van der Waals surface area contributed by atoms with E-state index in [2.05, 4.69) is 20.3 Å². The standard InChI is InChI=1S/C15H17N5OS/c1-3-12(13-8-20-6-4-5-16-15(20)19-13)18-14(21)7-11-9-22-10(2)17-11/h4-6,8-9,12H,3,7H2,1-2H3,(H,18,21). The first-order valence-electron chi connectivity index (χ1n) is 7.15. The average Bonchev–Trinajstić information content (AvgIpc) is 3.10. The van der Waals surface area contributed by atoms with Crippen LogP contribution < -0.4 is 5.32 Å². The minimum Gasteiger partial charge on any atom is -0.347 e. The van der Waals surface area contributed by atoms with Crippen molar-refractivity contribution < 1.29 is 4.79 Å². The van der Waals surface area contributed by atoms with Gasteiger partial charge in [0.15, 0.2) is 0 Å². The summed E-state index contributed by atoms with van der Waals surface area (Å²) in [5.74, 6) is 0.600. The van der Waals surface area contributed by atoms with Crippen molar-refractivity contribution in [3.63, 3.8) is 0 Å². The first-order valence-corrected chi connectivity index (χ1v) is 8.03. The number of nitrogens with zero attached hydrogens (tertiary/aromatic N) is 4. The van der Waals surface area contributed by atoms with Crippen LogP contribution in [0.3, 0.4) is 0 Å². The zero-order valence-electron chi connectivity index (χ0n) is 12.5. The number of nitrogens with one attached hydrogen (secondary N) is 1. The van der Waals surface area contributed by atoms with Crippen LogP contribution in [-0.2, 0) is 11.2 Å². The lowest BCUT2D eigenvalue weighted by Gasteiger charge is -2.14. The van der Waals surface area contributed by atoms with E-state index in [0.29, 0.717) is 12.2 Å². The molecular weight excluding hydrogens is 298 g/mol. The molecule has 6 nitrogen and oxygen atoms in total. The second-order valence-corrected chi connectivity index (χ2v) is 6.12. The smallest absolute Gasteiger partial charge is 0.233 e. The number of carbonyl (C=O) groups is 1. The van der Waals surface area contributed by atoms with Crippen LogP contribution in [0.25, 0.3) is 5.78 Å². The first-order chi connectivity index (χ1) is 10.7. The molecule has 0 aliphatic rings. The molecule has 3 rings (SSSR count). The maximum absolute atomic E-state index is 12.2. The number of amides is 1. The second kappa shape index (κ2) is 6.23. The molecule has 0 saturated carbocycles. The minimum atomic E-state index is -0.117. The molecular formula is C15H17N5OS. The van der Waals surface area contributed by atoms with E-state index in [9.17, 15) is 4.79 Å². The predicted octanol–water partition coefficient (Wildman–Crippen LogP) is 2.30. The molecule has 1 amide bonds. The highest BCUT2D eigenvalue weighted by atomic mass is 32.1. The number of hydrogen-bond acceptors (Lipinski definition) is 5. The van der Waals surface area contributed by atoms with E-state index in [-0.39, 0.29) is 11.9 Å². The van der Waals surface area contributed by atoms with Crippen LogP contribution in [0, 0.1) is 6.92 Å². The molecule has 1 unspecified atom stereocenters. The van der Waals surface area contributed by atoms with Gasteiger partial charge in [0.25, 0.3) is 0 Å². The Kier molecular flexibility index (Phi) is 4.15. The Bertz CT molecular complexity index is 761. The Hall–Kier alpha value is -2.28. The molecule has 7 heteroatoms. The fraction of sp³-hybridized carbons (Fsp3) is 0.333. The van der Waals surface area contributed by atoms with Crippen LogP contribution in [0.15, 0.2) is 30.0 Å². The van der Waals surface area contributed by atoms with Crippen LogP contribution in [0.1, 0.15) is 35.8 Å². The van der Waals surface area contributed by atoms with Crippen LogP contribution in [-0.4, -0.2) is 25.3 Å². The number of aromatic nitrogens is 4. The van der Waals surface area contributed by atoms with E-state index < -0.39 is 0 Å². The maximum atomic E-state index is 12.2. The van der Waals surface area contributed by atoms with E-state index in [4.69, 9.17) is 0 Å². The Morgan fingerprint density at radius 3 is 3.00 bits per heavy atom. The zero-order chi connectivity index (χ0) is 15.5. The summed E-state index contributed by atoms with van der Waals surface area (Å²) in [5.41, 5.74) is 1.63. The zero-order valence-corrected chi connectivity index (χ0v) is 13.3. The topological polar surface area (TPSA) is 72.2 Å². The lowest BCUT2D eigenvalue weighted by molar-refractivity contribution is -0.121. The number of hydrogen-bond donors (Lipinski definition) is 1. The van der Waals surface area contributed by atoms with Crippen molar-refractivity contribution >= 4 is 23.0 Å². The fourth-order valence-corrected chi connectivity index (χ4v) is 2.91. The molecule has 22 heavy (non-hydrogen) atoms. The summed E-state index contributed by atoms with van der Waals surface area (Å²) in [6.45, 7) is 3.96.